The van der Waals surface area contributed by atoms with Gasteiger partial charge in [0.15, 0.2) is 5.78 Å². The Bertz CT molecular complexity index is 950. The maximum absolute atomic E-state index is 15.7. The lowest BCUT2D eigenvalue weighted by atomic mass is 9.46. The maximum Gasteiger partial charge on any atom is 0.220 e. The van der Waals surface area contributed by atoms with Crippen molar-refractivity contribution in [3.8, 4) is 0 Å². The molecule has 0 heterocycles. The van der Waals surface area contributed by atoms with Crippen LogP contribution in [0.3, 0.4) is 0 Å². The molecule has 33 heavy (non-hydrogen) atoms. The molecule has 0 radical (unpaired) electrons. The van der Waals surface area contributed by atoms with Gasteiger partial charge in [-0.2, -0.15) is 0 Å². The molecule has 0 saturated heterocycles. The molecule has 9 heteroatoms. The van der Waals surface area contributed by atoms with Gasteiger partial charge in [-0.15, -0.1) is 23.2 Å². The van der Waals surface area contributed by atoms with Crippen molar-refractivity contribution in [2.24, 2.45) is 28.6 Å². The third kappa shape index (κ3) is 2.94. The third-order valence-electron chi connectivity index (χ3n) is 9.26. The molecule has 1 N–H and O–H groups in total. The average Bonchev–Trinajstić information content (AvgIpc) is 2.95. The van der Waals surface area contributed by atoms with Gasteiger partial charge >= 0.3 is 0 Å². The molecule has 3 saturated carbocycles. The Balaban J connectivity index is 1.86. The first-order valence-electron chi connectivity index (χ1n) is 11.2. The van der Waals surface area contributed by atoms with Crippen molar-refractivity contribution < 1.29 is 28.6 Å². The summed E-state index contributed by atoms with van der Waals surface area (Å²) in [5.41, 5.74) is -3.69. The fraction of sp³-hybridized carbons (Fsp3) is 0.750. The van der Waals surface area contributed by atoms with Gasteiger partial charge in [0.1, 0.15) is 11.8 Å². The van der Waals surface area contributed by atoms with Gasteiger partial charge in [-0.3, -0.25) is 9.59 Å². The first-order chi connectivity index (χ1) is 15.3. The normalized spacial score (nSPS) is 49.2. The predicted molar refractivity (Wildman–Crippen MR) is 124 cm³/mol. The first kappa shape index (κ1) is 25.6. The van der Waals surface area contributed by atoms with Crippen LogP contribution in [0.15, 0.2) is 22.8 Å². The minimum Gasteiger partial charge on any atom is -0.381 e. The number of carbonyl (C=O) groups is 2. The molecule has 4 aliphatic rings. The zero-order chi connectivity index (χ0) is 24.7. The van der Waals surface area contributed by atoms with Crippen molar-refractivity contribution in [3.63, 3.8) is 0 Å². The van der Waals surface area contributed by atoms with E-state index in [1.807, 2.05) is 13.8 Å². The molecule has 0 unspecified atom stereocenters. The molecular weight excluding hydrogens is 494 g/mol. The molecule has 0 bridgehead atoms. The van der Waals surface area contributed by atoms with Crippen LogP contribution in [0, 0.1) is 28.6 Å². The Morgan fingerprint density at radius 3 is 2.42 bits per heavy atom. The Kier molecular flexibility index (Phi) is 6.21. The van der Waals surface area contributed by atoms with E-state index in [2.05, 4.69) is 0 Å². The number of hydrogen-bond donors (Lipinski definition) is 1. The summed E-state index contributed by atoms with van der Waals surface area (Å²) < 4.78 is 26.1. The lowest BCUT2D eigenvalue weighted by Gasteiger charge is -2.64. The van der Waals surface area contributed by atoms with Gasteiger partial charge in [-0.25, -0.2) is 4.39 Å². The van der Waals surface area contributed by atoms with E-state index in [0.717, 1.165) is 0 Å². The highest BCUT2D eigenvalue weighted by Crippen LogP contribution is 2.73. The average molecular weight is 524 g/mol. The smallest absolute Gasteiger partial charge is 0.220 e. The topological polar surface area (TPSA) is 72.8 Å². The first-order valence-corrected chi connectivity index (χ1v) is 12.4. The van der Waals surface area contributed by atoms with Gasteiger partial charge in [0, 0.05) is 25.0 Å². The molecule has 0 aromatic rings. The molecule has 0 aromatic heterocycles. The summed E-state index contributed by atoms with van der Waals surface area (Å²) >= 11 is 20.8. The van der Waals surface area contributed by atoms with Crippen molar-refractivity contribution in [1.29, 1.82) is 0 Å². The van der Waals surface area contributed by atoms with E-state index >= 15 is 4.39 Å². The molecule has 3 fully saturated rings. The molecule has 9 atom stereocenters. The van der Waals surface area contributed by atoms with Gasteiger partial charge in [0.25, 0.3) is 0 Å². The van der Waals surface area contributed by atoms with Gasteiger partial charge in [0.05, 0.1) is 15.3 Å². The van der Waals surface area contributed by atoms with Crippen LogP contribution in [-0.4, -0.2) is 59.2 Å². The highest BCUT2D eigenvalue weighted by Gasteiger charge is 2.76. The van der Waals surface area contributed by atoms with Crippen LogP contribution in [-0.2, 0) is 19.1 Å². The van der Waals surface area contributed by atoms with Crippen LogP contribution in [0.5, 0.6) is 0 Å². The number of carbonyl (C=O) groups excluding carboxylic acids is 2. The predicted octanol–water partition coefficient (Wildman–Crippen LogP) is 4.55. The second-order valence-electron chi connectivity index (χ2n) is 10.5. The monoisotopic (exact) mass is 522 g/mol. The zero-order valence-corrected chi connectivity index (χ0v) is 21.6. The highest BCUT2D eigenvalue weighted by molar-refractivity contribution is 6.45. The number of rotatable bonds is 4. The van der Waals surface area contributed by atoms with E-state index in [9.17, 15) is 14.7 Å². The molecular formula is C24H30Cl3FO5. The lowest BCUT2D eigenvalue weighted by Crippen LogP contribution is -2.69. The van der Waals surface area contributed by atoms with Crippen LogP contribution in [0.25, 0.3) is 0 Å². The van der Waals surface area contributed by atoms with Crippen LogP contribution < -0.4 is 0 Å². The Hall–Kier alpha value is -0.500. The van der Waals surface area contributed by atoms with Crippen molar-refractivity contribution in [1.82, 2.24) is 0 Å². The number of hydrogen-bond acceptors (Lipinski definition) is 5. The number of aliphatic hydroxyl groups is 1. The zero-order valence-electron chi connectivity index (χ0n) is 19.3. The Morgan fingerprint density at radius 2 is 1.85 bits per heavy atom. The second kappa shape index (κ2) is 8.01. The van der Waals surface area contributed by atoms with Crippen molar-refractivity contribution >= 4 is 46.4 Å². The summed E-state index contributed by atoms with van der Waals surface area (Å²) in [4.78, 5) is 24.5. The molecule has 184 valence electrons. The molecule has 0 spiro atoms. The van der Waals surface area contributed by atoms with Crippen LogP contribution in [0.2, 0.25) is 0 Å². The summed E-state index contributed by atoms with van der Waals surface area (Å²) in [7, 11) is 2.68. The minimum absolute atomic E-state index is 0.00418. The highest BCUT2D eigenvalue weighted by atomic mass is 35.5. The number of ether oxygens (including phenoxy) is 2. The molecule has 0 aliphatic heterocycles. The van der Waals surface area contributed by atoms with Crippen molar-refractivity contribution in [2.75, 3.05) is 14.2 Å². The van der Waals surface area contributed by atoms with Gasteiger partial charge < -0.3 is 14.6 Å². The van der Waals surface area contributed by atoms with E-state index in [4.69, 9.17) is 44.3 Å². The largest absolute Gasteiger partial charge is 0.381 e. The molecule has 0 amide bonds. The third-order valence-corrected chi connectivity index (χ3v) is 11.2. The number of Topliss-reactive ketones (excluding diaryl/α,β-unsaturated/α-hetero) is 1. The van der Waals surface area contributed by atoms with Crippen LogP contribution in [0.1, 0.15) is 40.0 Å². The van der Waals surface area contributed by atoms with Crippen molar-refractivity contribution in [2.45, 2.75) is 68.3 Å². The Labute approximate surface area is 208 Å². The number of fused-ring (bicyclic) bond motifs is 5. The van der Waals surface area contributed by atoms with E-state index in [1.54, 1.807) is 13.0 Å². The summed E-state index contributed by atoms with van der Waals surface area (Å²) in [5, 5.41) is 11.1. The number of halogens is 4. The molecule has 4 rings (SSSR count). The van der Waals surface area contributed by atoms with E-state index in [0.29, 0.717) is 6.42 Å². The fourth-order valence-electron chi connectivity index (χ4n) is 7.58. The fourth-order valence-corrected chi connectivity index (χ4v) is 9.15. The van der Waals surface area contributed by atoms with Crippen molar-refractivity contribution in [3.05, 3.63) is 22.8 Å². The standard InChI is InChI=1S/C24H30Cl3FO5/c1-11-8-12-13-9-14(28)17-18(26)15(29)6-7-21(17,2)23(13,27)16(25)10-22(12,3)24(11,31)19(30)20(32-4)33-5/h6-7,11-14,16,20,31H,8-10H2,1-5H3/t11-,12+,13+,14+,16+,21+,22+,23+,24+/m1/s1. The minimum atomic E-state index is -1.79. The lowest BCUT2D eigenvalue weighted by molar-refractivity contribution is -0.196. The number of allylic oxidation sites excluding steroid dienone is 4. The molecule has 4 aliphatic carbocycles. The summed E-state index contributed by atoms with van der Waals surface area (Å²) in [6.45, 7) is 5.42. The number of alkyl halides is 3. The summed E-state index contributed by atoms with van der Waals surface area (Å²) in [6, 6.07) is 0. The van der Waals surface area contributed by atoms with Gasteiger partial charge in [-0.1, -0.05) is 38.4 Å². The van der Waals surface area contributed by atoms with Gasteiger partial charge in [0.2, 0.25) is 12.1 Å². The summed E-state index contributed by atoms with van der Waals surface area (Å²) in [6.07, 6.45) is 0.909. The Morgan fingerprint density at radius 1 is 1.24 bits per heavy atom. The maximum atomic E-state index is 15.7. The molecule has 0 aromatic carbocycles. The van der Waals surface area contributed by atoms with E-state index in [1.165, 1.54) is 20.3 Å². The second-order valence-corrected chi connectivity index (χ2v) is 12.0. The molecule has 5 nitrogen and oxygen atoms in total. The number of ketones is 2. The van der Waals surface area contributed by atoms with Gasteiger partial charge in [-0.05, 0) is 48.7 Å². The number of methoxy groups -OCH3 is 2. The quantitative estimate of drug-likeness (QED) is 0.432. The van der Waals surface area contributed by atoms with E-state index < -0.39 is 62.5 Å². The van der Waals surface area contributed by atoms with Crippen LogP contribution in [0.4, 0.5) is 4.39 Å². The SMILES string of the molecule is COC(OC)C(=O)[C@@]1(O)[C@H](C)C[C@H]2[C@@H]3C[C@H](F)C4=C(Cl)C(=O)C=C[C@]4(C)[C@@]3(Cl)[C@@H](Cl)C[C@@]21C. The van der Waals surface area contributed by atoms with Crippen LogP contribution >= 0.6 is 34.8 Å². The van der Waals surface area contributed by atoms with E-state index in [-0.39, 0.29) is 29.4 Å². The summed E-state index contributed by atoms with van der Waals surface area (Å²) in [5.74, 6) is -2.24.